The third-order valence-electron chi connectivity index (χ3n) is 6.35. The van der Waals surface area contributed by atoms with Gasteiger partial charge in [0, 0.05) is 36.8 Å². The number of hydrogen-bond donors (Lipinski definition) is 3. The maximum atomic E-state index is 13.5. The van der Waals surface area contributed by atoms with Gasteiger partial charge in [0.15, 0.2) is 5.78 Å². The number of H-pyrrole nitrogens is 1. The number of amides is 1. The van der Waals surface area contributed by atoms with Crippen molar-refractivity contribution in [1.29, 1.82) is 0 Å². The zero-order chi connectivity index (χ0) is 25.1. The van der Waals surface area contributed by atoms with Gasteiger partial charge in [-0.05, 0) is 49.9 Å². The molecule has 36 heavy (non-hydrogen) atoms. The molecule has 0 spiro atoms. The number of nitrogens with zero attached hydrogens (tertiary/aromatic N) is 2. The van der Waals surface area contributed by atoms with Crippen molar-refractivity contribution in [3.8, 4) is 11.5 Å². The minimum atomic E-state index is -0.232. The fourth-order valence-corrected chi connectivity index (χ4v) is 4.88. The number of aromatic nitrogens is 3. The van der Waals surface area contributed by atoms with E-state index < -0.39 is 0 Å². The molecule has 0 aliphatic heterocycles. The number of benzene rings is 2. The molecule has 184 valence electrons. The van der Waals surface area contributed by atoms with Crippen LogP contribution in [0.15, 0.2) is 61.1 Å². The molecule has 5 rings (SSSR count). The fourth-order valence-electron chi connectivity index (χ4n) is 4.63. The van der Waals surface area contributed by atoms with E-state index in [0.29, 0.717) is 44.5 Å². The van der Waals surface area contributed by atoms with Crippen molar-refractivity contribution in [1.82, 2.24) is 20.3 Å². The van der Waals surface area contributed by atoms with Crippen LogP contribution in [0, 0.1) is 0 Å². The van der Waals surface area contributed by atoms with Crippen LogP contribution in [-0.2, 0) is 4.79 Å². The Morgan fingerprint density at radius 3 is 2.44 bits per heavy atom. The molecule has 0 radical (unpaired) electrons. The Kier molecular flexibility index (Phi) is 6.86. The van der Waals surface area contributed by atoms with E-state index in [-0.39, 0.29) is 23.8 Å². The maximum Gasteiger partial charge on any atom is 0.217 e. The number of fused-ring (bicyclic) bond motifs is 1. The number of anilines is 1. The predicted molar refractivity (Wildman–Crippen MR) is 139 cm³/mol. The molecule has 1 saturated carbocycles. The number of ketones is 1. The van der Waals surface area contributed by atoms with Crippen molar-refractivity contribution in [2.75, 3.05) is 5.32 Å². The first-order chi connectivity index (χ1) is 17.5. The summed E-state index contributed by atoms with van der Waals surface area (Å²) in [6.45, 7) is 1.54. The first-order valence-electron chi connectivity index (χ1n) is 11.9. The summed E-state index contributed by atoms with van der Waals surface area (Å²) >= 11 is 6.52. The van der Waals surface area contributed by atoms with Gasteiger partial charge in [-0.25, -0.2) is 9.97 Å². The number of ether oxygens (including phenoxy) is 1. The molecule has 1 fully saturated rings. The van der Waals surface area contributed by atoms with E-state index >= 15 is 0 Å². The van der Waals surface area contributed by atoms with Gasteiger partial charge in [-0.2, -0.15) is 0 Å². The van der Waals surface area contributed by atoms with Crippen LogP contribution >= 0.6 is 11.6 Å². The molecule has 1 aliphatic carbocycles. The number of halogens is 1. The molecule has 3 N–H and O–H groups in total. The monoisotopic (exact) mass is 503 g/mol. The topological polar surface area (TPSA) is 109 Å². The summed E-state index contributed by atoms with van der Waals surface area (Å²) in [5.41, 5.74) is 1.38. The molecule has 0 saturated heterocycles. The Morgan fingerprint density at radius 1 is 0.972 bits per heavy atom. The lowest BCUT2D eigenvalue weighted by molar-refractivity contribution is -0.119. The highest BCUT2D eigenvalue weighted by Gasteiger charge is 2.25. The van der Waals surface area contributed by atoms with E-state index in [2.05, 4.69) is 25.6 Å². The van der Waals surface area contributed by atoms with Crippen LogP contribution in [0.2, 0.25) is 5.02 Å². The highest BCUT2D eigenvalue weighted by atomic mass is 35.5. The first kappa shape index (κ1) is 23.8. The molecule has 0 bridgehead atoms. The second-order valence-corrected chi connectivity index (χ2v) is 9.33. The van der Waals surface area contributed by atoms with Gasteiger partial charge in [-0.3, -0.25) is 9.59 Å². The Labute approximate surface area is 213 Å². The largest absolute Gasteiger partial charge is 0.457 e. The van der Waals surface area contributed by atoms with Gasteiger partial charge in [0.25, 0.3) is 0 Å². The quantitative estimate of drug-likeness (QED) is 0.287. The molecular formula is C27H26ClN5O3. The summed E-state index contributed by atoms with van der Waals surface area (Å²) in [4.78, 5) is 36.7. The Hall–Kier alpha value is -3.91. The molecule has 0 unspecified atom stereocenters. The van der Waals surface area contributed by atoms with Crippen molar-refractivity contribution in [3.05, 3.63) is 77.2 Å². The minimum Gasteiger partial charge on any atom is -0.457 e. The standard InChI is InChI=1S/C27H26ClN5O3/c1-16(34)32-17-7-9-18(10-8-17)33-27-24-22(14-29-26(24)30-15-31-27)25(35)21-12-11-20(13-23(21)28)36-19-5-3-2-4-6-19/h2-6,11-15,17-18H,7-10H2,1H3,(H,32,34)(H2,29,30,31,33)/t17-,18+. The number of aromatic amines is 1. The zero-order valence-electron chi connectivity index (χ0n) is 19.8. The van der Waals surface area contributed by atoms with Crippen molar-refractivity contribution in [2.45, 2.75) is 44.7 Å². The van der Waals surface area contributed by atoms with Gasteiger partial charge >= 0.3 is 0 Å². The van der Waals surface area contributed by atoms with Crippen molar-refractivity contribution in [3.63, 3.8) is 0 Å². The van der Waals surface area contributed by atoms with Crippen molar-refractivity contribution < 1.29 is 14.3 Å². The summed E-state index contributed by atoms with van der Waals surface area (Å²) in [6, 6.07) is 14.8. The summed E-state index contributed by atoms with van der Waals surface area (Å²) in [5, 5.41) is 7.41. The first-order valence-corrected chi connectivity index (χ1v) is 12.3. The predicted octanol–water partition coefficient (Wildman–Crippen LogP) is 5.49. The number of carbonyl (C=O) groups is 2. The number of rotatable bonds is 7. The van der Waals surface area contributed by atoms with Crippen LogP contribution in [0.25, 0.3) is 11.0 Å². The van der Waals surface area contributed by atoms with Crippen LogP contribution in [0.1, 0.15) is 48.5 Å². The Bertz CT molecular complexity index is 1400. The van der Waals surface area contributed by atoms with Gasteiger partial charge in [-0.15, -0.1) is 0 Å². The van der Waals surface area contributed by atoms with E-state index in [1.165, 1.54) is 6.33 Å². The molecule has 9 heteroatoms. The highest BCUT2D eigenvalue weighted by molar-refractivity contribution is 6.35. The lowest BCUT2D eigenvalue weighted by Gasteiger charge is -2.29. The summed E-state index contributed by atoms with van der Waals surface area (Å²) < 4.78 is 5.83. The lowest BCUT2D eigenvalue weighted by atomic mass is 9.91. The van der Waals surface area contributed by atoms with Crippen molar-refractivity contribution >= 4 is 40.1 Å². The molecule has 0 atom stereocenters. The van der Waals surface area contributed by atoms with E-state index in [4.69, 9.17) is 16.3 Å². The van der Waals surface area contributed by atoms with E-state index in [0.717, 1.165) is 25.7 Å². The maximum absolute atomic E-state index is 13.5. The summed E-state index contributed by atoms with van der Waals surface area (Å²) in [5.74, 6) is 1.60. The Morgan fingerprint density at radius 2 is 1.72 bits per heavy atom. The van der Waals surface area contributed by atoms with E-state index in [1.54, 1.807) is 31.3 Å². The van der Waals surface area contributed by atoms with Gasteiger partial charge in [0.2, 0.25) is 5.91 Å². The van der Waals surface area contributed by atoms with E-state index in [9.17, 15) is 9.59 Å². The Balaban J connectivity index is 1.36. The molecule has 2 aromatic heterocycles. The van der Waals surface area contributed by atoms with Crippen LogP contribution in [0.5, 0.6) is 11.5 Å². The smallest absolute Gasteiger partial charge is 0.217 e. The number of hydrogen-bond acceptors (Lipinski definition) is 6. The highest BCUT2D eigenvalue weighted by Crippen LogP contribution is 2.32. The summed E-state index contributed by atoms with van der Waals surface area (Å²) in [6.07, 6.45) is 6.67. The van der Waals surface area contributed by atoms with Gasteiger partial charge in [0.05, 0.1) is 16.0 Å². The van der Waals surface area contributed by atoms with Crippen LogP contribution in [0.4, 0.5) is 5.82 Å². The van der Waals surface area contributed by atoms with Gasteiger partial charge < -0.3 is 20.4 Å². The number of nitrogens with one attached hydrogen (secondary N) is 3. The third kappa shape index (κ3) is 5.18. The third-order valence-corrected chi connectivity index (χ3v) is 6.67. The van der Waals surface area contributed by atoms with Crippen molar-refractivity contribution in [2.24, 2.45) is 0 Å². The molecular weight excluding hydrogens is 478 g/mol. The van der Waals surface area contributed by atoms with Gasteiger partial charge in [0.1, 0.15) is 29.3 Å². The zero-order valence-corrected chi connectivity index (χ0v) is 20.5. The average Bonchev–Trinajstić information content (AvgIpc) is 3.31. The average molecular weight is 504 g/mol. The molecule has 8 nitrogen and oxygen atoms in total. The summed E-state index contributed by atoms with van der Waals surface area (Å²) in [7, 11) is 0. The SMILES string of the molecule is CC(=O)N[C@H]1CC[C@@H](Nc2ncnc3[nH]cc(C(=O)c4ccc(Oc5ccccc5)cc4Cl)c23)CC1. The molecule has 1 aliphatic rings. The van der Waals surface area contributed by atoms with E-state index in [1.807, 2.05) is 30.3 Å². The fraction of sp³-hybridized carbons (Fsp3) is 0.259. The normalized spacial score (nSPS) is 17.5. The van der Waals surface area contributed by atoms with Gasteiger partial charge in [-0.1, -0.05) is 29.8 Å². The van der Waals surface area contributed by atoms with Crippen LogP contribution < -0.4 is 15.4 Å². The lowest BCUT2D eigenvalue weighted by Crippen LogP contribution is -2.39. The van der Waals surface area contributed by atoms with Crippen LogP contribution in [-0.4, -0.2) is 38.7 Å². The molecule has 4 aromatic rings. The molecule has 2 aromatic carbocycles. The number of para-hydroxylation sites is 1. The molecule has 1 amide bonds. The second-order valence-electron chi connectivity index (χ2n) is 8.93. The number of carbonyl (C=O) groups excluding carboxylic acids is 2. The molecule has 2 heterocycles. The second kappa shape index (κ2) is 10.4. The van der Waals surface area contributed by atoms with Crippen LogP contribution in [0.3, 0.4) is 0 Å². The minimum absolute atomic E-state index is 0.00211.